The summed E-state index contributed by atoms with van der Waals surface area (Å²) in [7, 11) is 0. The molecular formula is C12H13N3O4S. The van der Waals surface area contributed by atoms with Crippen LogP contribution in [0.4, 0.5) is 0 Å². The fourth-order valence-corrected chi connectivity index (χ4v) is 2.36. The summed E-state index contributed by atoms with van der Waals surface area (Å²) in [6, 6.07) is 3.48. The van der Waals surface area contributed by atoms with Gasteiger partial charge in [-0.3, -0.25) is 9.59 Å². The van der Waals surface area contributed by atoms with Crippen LogP contribution < -0.4 is 5.32 Å². The van der Waals surface area contributed by atoms with Crippen molar-refractivity contribution in [2.45, 2.75) is 18.6 Å². The molecule has 8 heteroatoms. The largest absolute Gasteiger partial charge is 0.466 e. The van der Waals surface area contributed by atoms with Crippen LogP contribution in [0.1, 0.15) is 19.1 Å². The molecule has 7 nitrogen and oxygen atoms in total. The van der Waals surface area contributed by atoms with E-state index in [0.717, 1.165) is 0 Å². The van der Waals surface area contributed by atoms with Crippen LogP contribution in [0.15, 0.2) is 33.0 Å². The maximum absolute atomic E-state index is 11.6. The Kier molecular flexibility index (Phi) is 4.94. The van der Waals surface area contributed by atoms with Crippen LogP contribution in [-0.2, 0) is 14.3 Å². The van der Waals surface area contributed by atoms with Crippen molar-refractivity contribution in [3.8, 4) is 0 Å². The van der Waals surface area contributed by atoms with E-state index in [1.165, 1.54) is 31.2 Å². The zero-order chi connectivity index (χ0) is 14.4. The van der Waals surface area contributed by atoms with E-state index in [2.05, 4.69) is 15.5 Å². The van der Waals surface area contributed by atoms with Crippen LogP contribution in [-0.4, -0.2) is 35.1 Å². The van der Waals surface area contributed by atoms with E-state index >= 15 is 0 Å². The summed E-state index contributed by atoms with van der Waals surface area (Å²) in [4.78, 5) is 22.3. The van der Waals surface area contributed by atoms with Crippen molar-refractivity contribution < 1.29 is 18.7 Å². The Morgan fingerprint density at radius 3 is 3.20 bits per heavy atom. The molecule has 0 radical (unpaired) electrons. The molecule has 1 aromatic rings. The van der Waals surface area contributed by atoms with E-state index in [1.807, 2.05) is 0 Å². The van der Waals surface area contributed by atoms with Gasteiger partial charge in [0, 0.05) is 13.3 Å². The SMILES string of the molecule is CC(=O)OCC[C@@H]1S/C(=N\N=C\c2ccco2)NC1=O. The van der Waals surface area contributed by atoms with E-state index in [0.29, 0.717) is 17.3 Å². The zero-order valence-electron chi connectivity index (χ0n) is 10.7. The number of ether oxygens (including phenoxy) is 1. The molecule has 1 atom stereocenters. The first kappa shape index (κ1) is 14.3. The van der Waals surface area contributed by atoms with Crippen LogP contribution in [0.25, 0.3) is 0 Å². The summed E-state index contributed by atoms with van der Waals surface area (Å²) in [5, 5.41) is 10.4. The molecule has 106 valence electrons. The van der Waals surface area contributed by atoms with Gasteiger partial charge in [-0.15, -0.1) is 5.10 Å². The van der Waals surface area contributed by atoms with E-state index < -0.39 is 0 Å². The number of hydrogen-bond acceptors (Lipinski definition) is 7. The van der Waals surface area contributed by atoms with E-state index in [1.54, 1.807) is 12.1 Å². The number of esters is 1. The van der Waals surface area contributed by atoms with Crippen LogP contribution in [0, 0.1) is 0 Å². The van der Waals surface area contributed by atoms with Crippen molar-refractivity contribution in [2.24, 2.45) is 10.2 Å². The standard InChI is InChI=1S/C12H13N3O4S/c1-8(16)18-6-4-10-11(17)14-12(20-10)15-13-7-9-3-2-5-19-9/h2-3,5,7,10H,4,6H2,1H3,(H,14,15,17)/b13-7+/t10-/m0/s1. The normalized spacial score (nSPS) is 20.6. The van der Waals surface area contributed by atoms with Crippen molar-refractivity contribution in [3.63, 3.8) is 0 Å². The predicted molar refractivity (Wildman–Crippen MR) is 74.5 cm³/mol. The molecule has 0 spiro atoms. The van der Waals surface area contributed by atoms with Gasteiger partial charge < -0.3 is 14.5 Å². The Bertz CT molecular complexity index is 539. The molecule has 1 aromatic heterocycles. The van der Waals surface area contributed by atoms with Crippen molar-refractivity contribution in [1.29, 1.82) is 0 Å². The molecule has 0 unspecified atom stereocenters. The number of nitrogens with zero attached hydrogens (tertiary/aromatic N) is 2. The summed E-state index contributed by atoms with van der Waals surface area (Å²) in [6.45, 7) is 1.54. The predicted octanol–water partition coefficient (Wildman–Crippen LogP) is 1.15. The summed E-state index contributed by atoms with van der Waals surface area (Å²) < 4.78 is 9.86. The van der Waals surface area contributed by atoms with Gasteiger partial charge in [-0.2, -0.15) is 5.10 Å². The average Bonchev–Trinajstić information content (AvgIpc) is 3.00. The van der Waals surface area contributed by atoms with Gasteiger partial charge in [0.05, 0.1) is 24.3 Å². The highest BCUT2D eigenvalue weighted by molar-refractivity contribution is 8.15. The summed E-state index contributed by atoms with van der Waals surface area (Å²) in [5.41, 5.74) is 0. The average molecular weight is 295 g/mol. The molecule has 1 aliphatic rings. The van der Waals surface area contributed by atoms with Crippen molar-refractivity contribution in [2.75, 3.05) is 6.61 Å². The minimum Gasteiger partial charge on any atom is -0.466 e. The molecule has 1 fully saturated rings. The highest BCUT2D eigenvalue weighted by Gasteiger charge is 2.30. The van der Waals surface area contributed by atoms with Gasteiger partial charge in [0.25, 0.3) is 0 Å². The zero-order valence-corrected chi connectivity index (χ0v) is 11.6. The quantitative estimate of drug-likeness (QED) is 0.500. The van der Waals surface area contributed by atoms with E-state index in [-0.39, 0.29) is 23.7 Å². The molecule has 1 N–H and O–H groups in total. The Hall–Kier alpha value is -2.09. The molecule has 1 saturated heterocycles. The number of nitrogens with one attached hydrogen (secondary N) is 1. The van der Waals surface area contributed by atoms with Gasteiger partial charge in [-0.1, -0.05) is 11.8 Å². The molecule has 0 aromatic carbocycles. The minimum atomic E-state index is -0.356. The molecule has 0 bridgehead atoms. The molecule has 1 amide bonds. The van der Waals surface area contributed by atoms with Crippen molar-refractivity contribution in [3.05, 3.63) is 24.2 Å². The number of rotatable bonds is 5. The maximum Gasteiger partial charge on any atom is 0.302 e. The third-order valence-electron chi connectivity index (χ3n) is 2.34. The minimum absolute atomic E-state index is 0.158. The lowest BCUT2D eigenvalue weighted by atomic mass is 10.3. The van der Waals surface area contributed by atoms with E-state index in [9.17, 15) is 9.59 Å². The third-order valence-corrected chi connectivity index (χ3v) is 3.48. The van der Waals surface area contributed by atoms with Crippen LogP contribution in [0.2, 0.25) is 0 Å². The first-order valence-electron chi connectivity index (χ1n) is 5.90. The monoisotopic (exact) mass is 295 g/mol. The van der Waals surface area contributed by atoms with Gasteiger partial charge in [0.15, 0.2) is 5.17 Å². The third kappa shape index (κ3) is 4.23. The lowest BCUT2D eigenvalue weighted by Crippen LogP contribution is -2.25. The van der Waals surface area contributed by atoms with Gasteiger partial charge >= 0.3 is 5.97 Å². The van der Waals surface area contributed by atoms with Gasteiger partial charge in [-0.25, -0.2) is 0 Å². The Balaban J connectivity index is 1.83. The smallest absolute Gasteiger partial charge is 0.302 e. The summed E-state index contributed by atoms with van der Waals surface area (Å²) in [5.74, 6) is 0.0644. The van der Waals surface area contributed by atoms with Crippen LogP contribution >= 0.6 is 11.8 Å². The first-order valence-corrected chi connectivity index (χ1v) is 6.78. The number of amides is 1. The Morgan fingerprint density at radius 2 is 2.50 bits per heavy atom. The number of hydrogen-bond donors (Lipinski definition) is 1. The molecule has 2 heterocycles. The second-order valence-electron chi connectivity index (χ2n) is 3.89. The lowest BCUT2D eigenvalue weighted by Gasteiger charge is -2.04. The number of amidine groups is 1. The summed E-state index contributed by atoms with van der Waals surface area (Å²) in [6.07, 6.45) is 3.43. The van der Waals surface area contributed by atoms with Gasteiger partial charge in [-0.05, 0) is 12.1 Å². The Labute approximate surface area is 119 Å². The summed E-state index contributed by atoms with van der Waals surface area (Å²) >= 11 is 1.26. The molecular weight excluding hydrogens is 282 g/mol. The molecule has 1 aliphatic heterocycles. The van der Waals surface area contributed by atoms with Crippen LogP contribution in [0.3, 0.4) is 0 Å². The highest BCUT2D eigenvalue weighted by atomic mass is 32.2. The molecule has 0 aliphatic carbocycles. The van der Waals surface area contributed by atoms with Crippen LogP contribution in [0.5, 0.6) is 0 Å². The maximum atomic E-state index is 11.6. The molecule has 2 rings (SSSR count). The number of carbonyl (C=O) groups is 2. The van der Waals surface area contributed by atoms with Gasteiger partial charge in [0.2, 0.25) is 5.91 Å². The second kappa shape index (κ2) is 6.90. The Morgan fingerprint density at radius 1 is 1.65 bits per heavy atom. The highest BCUT2D eigenvalue weighted by Crippen LogP contribution is 2.22. The fourth-order valence-electron chi connectivity index (χ4n) is 1.45. The first-order chi connectivity index (χ1) is 9.65. The van der Waals surface area contributed by atoms with E-state index in [4.69, 9.17) is 9.15 Å². The second-order valence-corrected chi connectivity index (χ2v) is 5.08. The van der Waals surface area contributed by atoms with Crippen molar-refractivity contribution in [1.82, 2.24) is 5.32 Å². The lowest BCUT2D eigenvalue weighted by molar-refractivity contribution is -0.141. The number of carbonyl (C=O) groups excluding carboxylic acids is 2. The number of thioether (sulfide) groups is 1. The van der Waals surface area contributed by atoms with Crippen molar-refractivity contribution >= 4 is 35.0 Å². The molecule has 0 saturated carbocycles. The molecule has 20 heavy (non-hydrogen) atoms. The topological polar surface area (TPSA) is 93.3 Å². The van der Waals surface area contributed by atoms with Gasteiger partial charge in [0.1, 0.15) is 5.76 Å². The number of furan rings is 1. The fraction of sp³-hybridized carbons (Fsp3) is 0.333.